The Balaban J connectivity index is 1.56. The van der Waals surface area contributed by atoms with E-state index in [0.717, 1.165) is 10.8 Å². The van der Waals surface area contributed by atoms with E-state index >= 15 is 0 Å². The van der Waals surface area contributed by atoms with Gasteiger partial charge in [0.15, 0.2) is 0 Å². The number of hydrogen-bond donors (Lipinski definition) is 2. The van der Waals surface area contributed by atoms with Crippen molar-refractivity contribution in [3.05, 3.63) is 42.5 Å². The molecular weight excluding hydrogens is 404 g/mol. The Morgan fingerprint density at radius 3 is 2.23 bits per heavy atom. The summed E-state index contributed by atoms with van der Waals surface area (Å²) < 4.78 is 27.5. The normalized spacial score (nSPS) is 16.4. The number of benzene rings is 2. The molecule has 30 heavy (non-hydrogen) atoms. The average Bonchev–Trinajstić information content (AvgIpc) is 2.66. The molecule has 0 aromatic heterocycles. The predicted octanol–water partition coefficient (Wildman–Crippen LogP) is 1.77. The van der Waals surface area contributed by atoms with Crippen LogP contribution in [-0.4, -0.2) is 67.8 Å². The molecule has 0 saturated carbocycles. The molecule has 162 valence electrons. The van der Waals surface area contributed by atoms with Crippen LogP contribution in [0.15, 0.2) is 47.4 Å². The van der Waals surface area contributed by atoms with Gasteiger partial charge in [0.05, 0.1) is 11.4 Å². The first-order valence-electron chi connectivity index (χ1n) is 9.88. The number of hydrogen-bond acceptors (Lipinski definition) is 5. The highest BCUT2D eigenvalue weighted by atomic mass is 32.2. The number of fused-ring (bicyclic) bond motifs is 1. The van der Waals surface area contributed by atoms with E-state index in [2.05, 4.69) is 10.6 Å². The van der Waals surface area contributed by atoms with Crippen molar-refractivity contribution in [1.82, 2.24) is 19.8 Å². The third-order valence-corrected chi connectivity index (χ3v) is 6.69. The van der Waals surface area contributed by atoms with Crippen LogP contribution in [0.2, 0.25) is 0 Å². The van der Waals surface area contributed by atoms with Crippen LogP contribution in [-0.2, 0) is 14.8 Å². The third-order valence-electron chi connectivity index (χ3n) is 4.80. The zero-order chi connectivity index (χ0) is 21.9. The van der Waals surface area contributed by atoms with E-state index in [0.29, 0.717) is 13.1 Å². The maximum Gasteiger partial charge on any atom is 0.321 e. The average molecular weight is 433 g/mol. The molecule has 2 N–H and O–H groups in total. The standard InChI is InChI=1S/C21H28N4O4S/c1-21(2,3)23-20(27)22-19(26)15-24-10-12-25(13-11-24)30(28,29)18-9-8-16-6-4-5-7-17(16)14-18/h4-9,14H,10-13,15H2,1-3H3,(H2,22,23,26,27). The minimum Gasteiger partial charge on any atom is -0.333 e. The maximum atomic E-state index is 13.0. The quantitative estimate of drug-likeness (QED) is 0.767. The summed E-state index contributed by atoms with van der Waals surface area (Å²) in [6, 6.07) is 12.2. The molecular formula is C21H28N4O4S. The molecule has 1 aliphatic rings. The van der Waals surface area contributed by atoms with Gasteiger partial charge in [0, 0.05) is 31.7 Å². The fourth-order valence-electron chi connectivity index (χ4n) is 3.35. The first-order chi connectivity index (χ1) is 14.0. The molecule has 0 spiro atoms. The molecule has 3 amide bonds. The second kappa shape index (κ2) is 8.71. The Bertz CT molecular complexity index is 1040. The molecule has 3 rings (SSSR count). The Morgan fingerprint density at radius 2 is 1.60 bits per heavy atom. The van der Waals surface area contributed by atoms with E-state index < -0.39 is 27.5 Å². The van der Waals surface area contributed by atoms with Crippen LogP contribution in [0.5, 0.6) is 0 Å². The summed E-state index contributed by atoms with van der Waals surface area (Å²) in [7, 11) is -3.60. The lowest BCUT2D eigenvalue weighted by Gasteiger charge is -2.33. The predicted molar refractivity (Wildman–Crippen MR) is 116 cm³/mol. The van der Waals surface area contributed by atoms with Crippen molar-refractivity contribution in [2.75, 3.05) is 32.7 Å². The van der Waals surface area contributed by atoms with Crippen LogP contribution in [0.1, 0.15) is 20.8 Å². The second-order valence-electron chi connectivity index (χ2n) is 8.44. The molecule has 2 aromatic carbocycles. The Kier molecular flexibility index (Phi) is 6.44. The molecule has 0 radical (unpaired) electrons. The summed E-state index contributed by atoms with van der Waals surface area (Å²) in [6.07, 6.45) is 0. The first kappa shape index (κ1) is 22.2. The van der Waals surface area contributed by atoms with Crippen LogP contribution in [0, 0.1) is 0 Å². The number of rotatable bonds is 4. The Hall–Kier alpha value is -2.49. The van der Waals surface area contributed by atoms with E-state index in [4.69, 9.17) is 0 Å². The van der Waals surface area contributed by atoms with Gasteiger partial charge in [0.1, 0.15) is 0 Å². The monoisotopic (exact) mass is 432 g/mol. The summed E-state index contributed by atoms with van der Waals surface area (Å²) in [5, 5.41) is 6.84. The van der Waals surface area contributed by atoms with Crippen LogP contribution >= 0.6 is 0 Å². The van der Waals surface area contributed by atoms with E-state index in [1.165, 1.54) is 4.31 Å². The number of nitrogens with zero attached hydrogens (tertiary/aromatic N) is 2. The van der Waals surface area contributed by atoms with Gasteiger partial charge in [0.25, 0.3) is 0 Å². The van der Waals surface area contributed by atoms with Gasteiger partial charge >= 0.3 is 6.03 Å². The highest BCUT2D eigenvalue weighted by Crippen LogP contribution is 2.22. The van der Waals surface area contributed by atoms with E-state index in [1.54, 1.807) is 12.1 Å². The highest BCUT2D eigenvalue weighted by Gasteiger charge is 2.29. The summed E-state index contributed by atoms with van der Waals surface area (Å²) in [4.78, 5) is 26.0. The zero-order valence-electron chi connectivity index (χ0n) is 17.5. The summed E-state index contributed by atoms with van der Waals surface area (Å²) >= 11 is 0. The molecule has 0 bridgehead atoms. The third kappa shape index (κ3) is 5.56. The van der Waals surface area contributed by atoms with E-state index in [1.807, 2.05) is 56.0 Å². The molecule has 1 saturated heterocycles. The largest absolute Gasteiger partial charge is 0.333 e. The number of amides is 3. The molecule has 9 heteroatoms. The van der Waals surface area contributed by atoms with Gasteiger partial charge in [-0.15, -0.1) is 0 Å². The second-order valence-corrected chi connectivity index (χ2v) is 10.4. The van der Waals surface area contributed by atoms with Gasteiger partial charge in [-0.3, -0.25) is 15.0 Å². The topological polar surface area (TPSA) is 98.8 Å². The molecule has 1 heterocycles. The smallest absolute Gasteiger partial charge is 0.321 e. The molecule has 0 unspecified atom stereocenters. The van der Waals surface area contributed by atoms with Crippen LogP contribution in [0.3, 0.4) is 0 Å². The first-order valence-corrected chi connectivity index (χ1v) is 11.3. The molecule has 2 aromatic rings. The van der Waals surface area contributed by atoms with Gasteiger partial charge in [-0.1, -0.05) is 30.3 Å². The molecule has 8 nitrogen and oxygen atoms in total. The number of piperazine rings is 1. The number of imide groups is 1. The number of urea groups is 1. The Labute approximate surface area is 177 Å². The SMILES string of the molecule is CC(C)(C)NC(=O)NC(=O)CN1CCN(S(=O)(=O)c2ccc3ccccc3c2)CC1. The van der Waals surface area contributed by atoms with Crippen molar-refractivity contribution in [3.8, 4) is 0 Å². The number of nitrogens with one attached hydrogen (secondary N) is 2. The van der Waals surface area contributed by atoms with E-state index in [9.17, 15) is 18.0 Å². The minimum absolute atomic E-state index is 0.0431. The van der Waals surface area contributed by atoms with Crippen LogP contribution < -0.4 is 10.6 Å². The van der Waals surface area contributed by atoms with Gasteiger partial charge in [0.2, 0.25) is 15.9 Å². The molecule has 1 fully saturated rings. The van der Waals surface area contributed by atoms with Crippen molar-refractivity contribution in [2.24, 2.45) is 0 Å². The van der Waals surface area contributed by atoms with Gasteiger partial charge < -0.3 is 5.32 Å². The summed E-state index contributed by atoms with van der Waals surface area (Å²) in [5.41, 5.74) is -0.437. The maximum absolute atomic E-state index is 13.0. The van der Waals surface area contributed by atoms with Gasteiger partial charge in [-0.2, -0.15) is 4.31 Å². The molecule has 0 atom stereocenters. The van der Waals surface area contributed by atoms with Crippen LogP contribution in [0.4, 0.5) is 4.79 Å². The lowest BCUT2D eigenvalue weighted by Crippen LogP contribution is -2.53. The number of carbonyl (C=O) groups excluding carboxylic acids is 2. The fraction of sp³-hybridized carbons (Fsp3) is 0.429. The molecule has 1 aliphatic heterocycles. The van der Waals surface area contributed by atoms with E-state index in [-0.39, 0.29) is 24.5 Å². The van der Waals surface area contributed by atoms with Gasteiger partial charge in [-0.05, 0) is 43.7 Å². The zero-order valence-corrected chi connectivity index (χ0v) is 18.3. The lowest BCUT2D eigenvalue weighted by molar-refractivity contribution is -0.121. The van der Waals surface area contributed by atoms with Crippen molar-refractivity contribution in [3.63, 3.8) is 0 Å². The van der Waals surface area contributed by atoms with Crippen LogP contribution in [0.25, 0.3) is 10.8 Å². The Morgan fingerprint density at radius 1 is 0.967 bits per heavy atom. The number of sulfonamides is 1. The summed E-state index contributed by atoms with van der Waals surface area (Å²) in [6.45, 7) is 6.93. The van der Waals surface area contributed by atoms with Gasteiger partial charge in [-0.25, -0.2) is 13.2 Å². The van der Waals surface area contributed by atoms with Crippen molar-refractivity contribution < 1.29 is 18.0 Å². The molecule has 0 aliphatic carbocycles. The van der Waals surface area contributed by atoms with Crippen molar-refractivity contribution in [1.29, 1.82) is 0 Å². The van der Waals surface area contributed by atoms with Crippen molar-refractivity contribution >= 4 is 32.7 Å². The fourth-order valence-corrected chi connectivity index (χ4v) is 4.80. The van der Waals surface area contributed by atoms with Crippen molar-refractivity contribution in [2.45, 2.75) is 31.2 Å². The lowest BCUT2D eigenvalue weighted by atomic mass is 10.1. The minimum atomic E-state index is -3.60. The number of carbonyl (C=O) groups is 2. The summed E-state index contributed by atoms with van der Waals surface area (Å²) in [5.74, 6) is -0.414. The highest BCUT2D eigenvalue weighted by molar-refractivity contribution is 7.89.